The van der Waals surface area contributed by atoms with Gasteiger partial charge in [-0.2, -0.15) is 0 Å². The van der Waals surface area contributed by atoms with Crippen LogP contribution in [0.1, 0.15) is 15.9 Å². The van der Waals surface area contributed by atoms with Gasteiger partial charge >= 0.3 is 5.97 Å². The average molecular weight is 677 g/mol. The summed E-state index contributed by atoms with van der Waals surface area (Å²) in [5.41, 5.74) is 2.22. The fraction of sp³-hybridized carbons (Fsp3) is 0.0526. The zero-order valence-electron chi connectivity index (χ0n) is 25.3. The number of ether oxygens (including phenoxy) is 1. The Labute approximate surface area is 282 Å². The number of carbonyl (C=O) groups is 2. The van der Waals surface area contributed by atoms with E-state index in [1.54, 1.807) is 24.3 Å². The molecule has 0 saturated heterocycles. The maximum absolute atomic E-state index is 13.5. The molecule has 0 aliphatic heterocycles. The highest BCUT2D eigenvalue weighted by Gasteiger charge is 2.25. The molecular formula is C38H29ClN2O6S. The van der Waals surface area contributed by atoms with Crippen LogP contribution in [0.15, 0.2) is 144 Å². The van der Waals surface area contributed by atoms with Gasteiger partial charge in [0.2, 0.25) is 0 Å². The van der Waals surface area contributed by atoms with Crippen molar-refractivity contribution in [3.05, 3.63) is 156 Å². The molecule has 6 aromatic carbocycles. The van der Waals surface area contributed by atoms with Gasteiger partial charge in [-0.1, -0.05) is 103 Å². The lowest BCUT2D eigenvalue weighted by atomic mass is 9.99. The normalized spacial score (nSPS) is 11.9. The molecule has 10 heteroatoms. The van der Waals surface area contributed by atoms with Crippen LogP contribution < -0.4 is 14.8 Å². The zero-order chi connectivity index (χ0) is 33.7. The summed E-state index contributed by atoms with van der Waals surface area (Å²) in [4.78, 5) is 25.7. The standard InChI is InChI=1S/C38H29ClN2O6S/c39-29-19-21-34(41-48(45,46)31-20-18-26-8-4-5-9-28(26)23-31)33(24-29)37(42)40-35(38(43)44)22-25-14-16-27(17-15-25)32-12-6-7-13-36(32)47-30-10-2-1-3-11-30/h1-21,23-24,35,41H,22H2,(H,40,42)(H,43,44)/t35-/m0/s1. The number of rotatable bonds is 11. The Morgan fingerprint density at radius 2 is 1.44 bits per heavy atom. The Morgan fingerprint density at radius 3 is 2.19 bits per heavy atom. The van der Waals surface area contributed by atoms with E-state index in [0.717, 1.165) is 21.9 Å². The minimum absolute atomic E-state index is 0.00335. The van der Waals surface area contributed by atoms with E-state index in [1.807, 2.05) is 84.9 Å². The van der Waals surface area contributed by atoms with E-state index in [2.05, 4.69) is 10.0 Å². The maximum Gasteiger partial charge on any atom is 0.326 e. The number of carbonyl (C=O) groups excluding carboxylic acids is 1. The first-order valence-corrected chi connectivity index (χ1v) is 16.8. The van der Waals surface area contributed by atoms with Gasteiger partial charge in [-0.25, -0.2) is 13.2 Å². The lowest BCUT2D eigenvalue weighted by Crippen LogP contribution is -2.42. The fourth-order valence-electron chi connectivity index (χ4n) is 5.23. The minimum Gasteiger partial charge on any atom is -0.480 e. The molecule has 6 aromatic rings. The van der Waals surface area contributed by atoms with Gasteiger partial charge in [-0.3, -0.25) is 9.52 Å². The second-order valence-corrected chi connectivity index (χ2v) is 13.1. The Kier molecular flexibility index (Phi) is 9.43. The summed E-state index contributed by atoms with van der Waals surface area (Å²) in [7, 11) is -4.11. The van der Waals surface area contributed by atoms with Gasteiger partial charge in [0.1, 0.15) is 17.5 Å². The van der Waals surface area contributed by atoms with E-state index in [1.165, 1.54) is 30.3 Å². The lowest BCUT2D eigenvalue weighted by Gasteiger charge is -2.18. The number of benzene rings is 6. The smallest absolute Gasteiger partial charge is 0.326 e. The van der Waals surface area contributed by atoms with Crippen molar-refractivity contribution in [1.82, 2.24) is 5.32 Å². The molecule has 48 heavy (non-hydrogen) atoms. The molecule has 0 aromatic heterocycles. The topological polar surface area (TPSA) is 122 Å². The van der Waals surface area contributed by atoms with Crippen LogP contribution in [0, 0.1) is 0 Å². The number of aliphatic carboxylic acids is 1. The van der Waals surface area contributed by atoms with Crippen molar-refractivity contribution in [1.29, 1.82) is 0 Å². The molecule has 0 fully saturated rings. The number of carboxylic acids is 1. The molecule has 3 N–H and O–H groups in total. The lowest BCUT2D eigenvalue weighted by molar-refractivity contribution is -0.139. The number of sulfonamides is 1. The van der Waals surface area contributed by atoms with Gasteiger partial charge < -0.3 is 15.2 Å². The second-order valence-electron chi connectivity index (χ2n) is 11.0. The summed E-state index contributed by atoms with van der Waals surface area (Å²) in [6, 6.07) is 39.1. The van der Waals surface area contributed by atoms with Crippen LogP contribution >= 0.6 is 11.6 Å². The number of nitrogens with one attached hydrogen (secondary N) is 2. The molecule has 0 heterocycles. The van der Waals surface area contributed by atoms with Crippen LogP contribution in [0.3, 0.4) is 0 Å². The molecule has 0 bridgehead atoms. The number of anilines is 1. The average Bonchev–Trinajstić information content (AvgIpc) is 3.09. The van der Waals surface area contributed by atoms with Gasteiger partial charge in [0.05, 0.1) is 16.1 Å². The first kappa shape index (κ1) is 32.3. The molecule has 8 nitrogen and oxygen atoms in total. The monoisotopic (exact) mass is 676 g/mol. The van der Waals surface area contributed by atoms with Crippen molar-refractivity contribution < 1.29 is 27.9 Å². The van der Waals surface area contributed by atoms with Crippen LogP contribution in [0.2, 0.25) is 5.02 Å². The number of carboxylic acid groups (broad SMARTS) is 1. The van der Waals surface area contributed by atoms with E-state index >= 15 is 0 Å². The number of hydrogen-bond acceptors (Lipinski definition) is 5. The van der Waals surface area contributed by atoms with Crippen molar-refractivity contribution in [3.63, 3.8) is 0 Å². The third-order valence-corrected chi connectivity index (χ3v) is 9.27. The summed E-state index contributed by atoms with van der Waals surface area (Å²) >= 11 is 6.18. The second kappa shape index (κ2) is 14.0. The van der Waals surface area contributed by atoms with Crippen LogP contribution in [-0.2, 0) is 21.2 Å². The Morgan fingerprint density at radius 1 is 0.750 bits per heavy atom. The number of para-hydroxylation sites is 2. The molecule has 0 radical (unpaired) electrons. The number of fused-ring (bicyclic) bond motifs is 1. The number of hydrogen-bond donors (Lipinski definition) is 3. The van der Waals surface area contributed by atoms with Crippen molar-refractivity contribution >= 4 is 50.0 Å². The number of halogens is 1. The summed E-state index contributed by atoms with van der Waals surface area (Å²) in [5.74, 6) is -0.689. The van der Waals surface area contributed by atoms with E-state index < -0.39 is 27.9 Å². The van der Waals surface area contributed by atoms with Gasteiger partial charge in [-0.15, -0.1) is 0 Å². The summed E-state index contributed by atoms with van der Waals surface area (Å²) < 4.78 is 35.2. The number of amides is 1. The van der Waals surface area contributed by atoms with Crippen LogP contribution in [0.5, 0.6) is 11.5 Å². The maximum atomic E-state index is 13.5. The molecule has 0 aliphatic rings. The Balaban J connectivity index is 1.19. The predicted octanol–water partition coefficient (Wildman–Crippen LogP) is 8.18. The van der Waals surface area contributed by atoms with Crippen molar-refractivity contribution in [3.8, 4) is 22.6 Å². The Bertz CT molecular complexity index is 2220. The molecule has 1 amide bonds. The molecule has 0 saturated carbocycles. The molecule has 0 spiro atoms. The zero-order valence-corrected chi connectivity index (χ0v) is 26.9. The van der Waals surface area contributed by atoms with Crippen LogP contribution in [0.25, 0.3) is 21.9 Å². The van der Waals surface area contributed by atoms with Crippen molar-refractivity contribution in [2.24, 2.45) is 0 Å². The van der Waals surface area contributed by atoms with Gasteiger partial charge in [0.25, 0.3) is 15.9 Å². The fourth-order valence-corrected chi connectivity index (χ4v) is 6.52. The quantitative estimate of drug-likeness (QED) is 0.127. The molecule has 1 atom stereocenters. The molecule has 6 rings (SSSR count). The highest BCUT2D eigenvalue weighted by atomic mass is 35.5. The summed E-state index contributed by atoms with van der Waals surface area (Å²) in [5, 5.41) is 14.3. The van der Waals surface area contributed by atoms with E-state index in [4.69, 9.17) is 16.3 Å². The van der Waals surface area contributed by atoms with E-state index in [0.29, 0.717) is 17.1 Å². The molecular weight excluding hydrogens is 648 g/mol. The van der Waals surface area contributed by atoms with Crippen molar-refractivity contribution in [2.75, 3.05) is 4.72 Å². The molecule has 240 valence electrons. The summed E-state index contributed by atoms with van der Waals surface area (Å²) in [6.07, 6.45) is -0.0256. The van der Waals surface area contributed by atoms with E-state index in [9.17, 15) is 23.1 Å². The largest absolute Gasteiger partial charge is 0.480 e. The van der Waals surface area contributed by atoms with E-state index in [-0.39, 0.29) is 27.6 Å². The third kappa shape index (κ3) is 7.49. The molecule has 0 aliphatic carbocycles. The van der Waals surface area contributed by atoms with Gasteiger partial charge in [-0.05, 0) is 70.4 Å². The van der Waals surface area contributed by atoms with Crippen LogP contribution in [-0.4, -0.2) is 31.4 Å². The highest BCUT2D eigenvalue weighted by Crippen LogP contribution is 2.33. The minimum atomic E-state index is -4.11. The third-order valence-electron chi connectivity index (χ3n) is 7.67. The first-order valence-electron chi connectivity index (χ1n) is 14.9. The predicted molar refractivity (Wildman–Crippen MR) is 187 cm³/mol. The Hall–Kier alpha value is -5.64. The van der Waals surface area contributed by atoms with Gasteiger partial charge in [0.15, 0.2) is 0 Å². The first-order chi connectivity index (χ1) is 23.2. The SMILES string of the molecule is O=C(N[C@@H](Cc1ccc(-c2ccccc2Oc2ccccc2)cc1)C(=O)O)c1cc(Cl)ccc1NS(=O)(=O)c1ccc2ccccc2c1. The van der Waals surface area contributed by atoms with Gasteiger partial charge in [0, 0.05) is 17.0 Å². The summed E-state index contributed by atoms with van der Waals surface area (Å²) in [6.45, 7) is 0. The van der Waals surface area contributed by atoms with Crippen LogP contribution in [0.4, 0.5) is 5.69 Å². The molecule has 0 unspecified atom stereocenters. The van der Waals surface area contributed by atoms with Crippen molar-refractivity contribution in [2.45, 2.75) is 17.4 Å². The highest BCUT2D eigenvalue weighted by molar-refractivity contribution is 7.92.